The van der Waals surface area contributed by atoms with Crippen molar-refractivity contribution in [2.24, 2.45) is 0 Å². The van der Waals surface area contributed by atoms with Gasteiger partial charge in [-0.15, -0.1) is 11.3 Å². The van der Waals surface area contributed by atoms with Crippen molar-refractivity contribution in [3.63, 3.8) is 0 Å². The highest BCUT2D eigenvalue weighted by molar-refractivity contribution is 7.19. The first-order chi connectivity index (χ1) is 14.9. The lowest BCUT2D eigenvalue weighted by atomic mass is 9.90. The number of fused-ring (bicyclic) bond motifs is 1. The quantitative estimate of drug-likeness (QED) is 0.536. The van der Waals surface area contributed by atoms with Crippen molar-refractivity contribution in [3.8, 4) is 11.5 Å². The molecule has 5 atom stereocenters. The van der Waals surface area contributed by atoms with Gasteiger partial charge in [0.25, 0.3) is 0 Å². The van der Waals surface area contributed by atoms with Gasteiger partial charge in [-0.1, -0.05) is 18.2 Å². The van der Waals surface area contributed by atoms with Gasteiger partial charge in [0.15, 0.2) is 6.17 Å². The number of halogens is 1. The normalized spacial score (nSPS) is 26.3. The molecule has 166 valence electrons. The third-order valence-corrected chi connectivity index (χ3v) is 6.69. The number of hydrogen-bond acceptors (Lipinski definition) is 7. The summed E-state index contributed by atoms with van der Waals surface area (Å²) in [6, 6.07) is 13.3. The molecule has 0 saturated carbocycles. The van der Waals surface area contributed by atoms with Crippen molar-refractivity contribution in [3.05, 3.63) is 58.5 Å². The lowest BCUT2D eigenvalue weighted by molar-refractivity contribution is -0.216. The number of thiophene rings is 1. The van der Waals surface area contributed by atoms with Crippen molar-refractivity contribution >= 4 is 21.4 Å². The first kappa shape index (κ1) is 22.0. The first-order valence-corrected chi connectivity index (χ1v) is 10.8. The molecule has 31 heavy (non-hydrogen) atoms. The second kappa shape index (κ2) is 9.10. The Morgan fingerprint density at radius 2 is 1.87 bits per heavy atom. The molecule has 0 amide bonds. The monoisotopic (exact) mass is 448 g/mol. The van der Waals surface area contributed by atoms with Gasteiger partial charge >= 0.3 is 0 Å². The van der Waals surface area contributed by atoms with Crippen molar-refractivity contribution in [1.29, 1.82) is 0 Å². The van der Waals surface area contributed by atoms with Crippen LogP contribution in [0.4, 0.5) is 4.39 Å². The van der Waals surface area contributed by atoms with Crippen LogP contribution in [0, 0.1) is 0 Å². The third kappa shape index (κ3) is 4.26. The van der Waals surface area contributed by atoms with Crippen LogP contribution in [0.5, 0.6) is 11.5 Å². The minimum absolute atomic E-state index is 0.0903. The average molecular weight is 449 g/mol. The highest BCUT2D eigenvalue weighted by Gasteiger charge is 2.46. The minimum Gasteiger partial charge on any atom is -0.507 e. The van der Waals surface area contributed by atoms with Crippen LogP contribution >= 0.6 is 11.3 Å². The van der Waals surface area contributed by atoms with Crippen LogP contribution in [0.25, 0.3) is 10.1 Å². The lowest BCUT2D eigenvalue weighted by Gasteiger charge is -2.39. The fourth-order valence-electron chi connectivity index (χ4n) is 3.98. The van der Waals surface area contributed by atoms with Crippen molar-refractivity contribution in [1.82, 2.24) is 0 Å². The number of phenols is 1. The fraction of sp³-hybridized carbons (Fsp3) is 0.391. The van der Waals surface area contributed by atoms with Gasteiger partial charge in [-0.2, -0.15) is 0 Å². The number of phenolic OH excluding ortho intramolecular Hbond substituents is 1. The number of rotatable bonds is 6. The Kier molecular flexibility index (Phi) is 6.45. The Labute approximate surface area is 183 Å². The highest BCUT2D eigenvalue weighted by Crippen LogP contribution is 2.41. The number of alkyl halides is 1. The molecule has 3 aromatic rings. The number of aliphatic hydroxyl groups excluding tert-OH is 2. The molecule has 0 unspecified atom stereocenters. The molecule has 1 fully saturated rings. The molecule has 2 heterocycles. The molecular weight excluding hydrogens is 423 g/mol. The molecular formula is C23H25FO6S. The second-order valence-electron chi connectivity index (χ2n) is 7.63. The number of aromatic hydroxyl groups is 1. The average Bonchev–Trinajstić information content (AvgIpc) is 3.17. The molecule has 0 aliphatic carbocycles. The molecule has 0 bridgehead atoms. The van der Waals surface area contributed by atoms with Crippen molar-refractivity contribution < 1.29 is 33.9 Å². The number of benzene rings is 2. The molecule has 1 aromatic heterocycles. The van der Waals surface area contributed by atoms with Crippen LogP contribution in [-0.4, -0.2) is 60.6 Å². The van der Waals surface area contributed by atoms with Crippen LogP contribution in [0.1, 0.15) is 22.1 Å². The van der Waals surface area contributed by atoms with E-state index in [0.29, 0.717) is 12.2 Å². The van der Waals surface area contributed by atoms with E-state index in [4.69, 9.17) is 14.2 Å². The summed E-state index contributed by atoms with van der Waals surface area (Å²) >= 11 is 1.66. The zero-order valence-corrected chi connectivity index (χ0v) is 18.0. The molecule has 0 spiro atoms. The van der Waals surface area contributed by atoms with Crippen molar-refractivity contribution in [2.45, 2.75) is 37.0 Å². The van der Waals surface area contributed by atoms with Gasteiger partial charge in [0, 0.05) is 34.7 Å². The number of methoxy groups -OCH3 is 2. The molecule has 2 aromatic carbocycles. The van der Waals surface area contributed by atoms with Crippen LogP contribution in [-0.2, 0) is 15.9 Å². The van der Waals surface area contributed by atoms with E-state index in [-0.39, 0.29) is 17.9 Å². The van der Waals surface area contributed by atoms with Crippen LogP contribution in [0.2, 0.25) is 0 Å². The Morgan fingerprint density at radius 1 is 1.10 bits per heavy atom. The van der Waals surface area contributed by atoms with Crippen molar-refractivity contribution in [2.75, 3.05) is 20.8 Å². The zero-order chi connectivity index (χ0) is 22.1. The van der Waals surface area contributed by atoms with Gasteiger partial charge in [0.05, 0.1) is 13.7 Å². The Balaban J connectivity index is 1.69. The SMILES string of the molecule is COC[C@H]1O[C@@H](c2cc(Cc3cc4ccccc4s3)c(OC)cc2O)[C@H](O)[C@@H](O)[C@@H]1F. The summed E-state index contributed by atoms with van der Waals surface area (Å²) in [6.07, 6.45) is -6.65. The van der Waals surface area contributed by atoms with E-state index in [9.17, 15) is 19.7 Å². The highest BCUT2D eigenvalue weighted by atomic mass is 32.1. The molecule has 8 heteroatoms. The molecule has 0 radical (unpaired) electrons. The van der Waals surface area contributed by atoms with E-state index in [1.54, 1.807) is 17.4 Å². The van der Waals surface area contributed by atoms with Gasteiger partial charge in [0.1, 0.15) is 35.9 Å². The van der Waals surface area contributed by atoms with E-state index in [1.807, 2.05) is 18.2 Å². The maximum Gasteiger partial charge on any atom is 0.157 e. The van der Waals surface area contributed by atoms with Gasteiger partial charge in [-0.3, -0.25) is 0 Å². The predicted molar refractivity (Wildman–Crippen MR) is 116 cm³/mol. The van der Waals surface area contributed by atoms with E-state index in [0.717, 1.165) is 15.8 Å². The topological polar surface area (TPSA) is 88.4 Å². The summed E-state index contributed by atoms with van der Waals surface area (Å²) in [5.74, 6) is 0.322. The minimum atomic E-state index is -1.80. The summed E-state index contributed by atoms with van der Waals surface area (Å²) in [6.45, 7) is -0.0903. The standard InChI is InChI=1S/C23H25FO6S/c1-28-11-18-20(24)21(26)22(27)23(30-18)15-9-13(17(29-2)10-16(15)25)8-14-7-12-5-3-4-6-19(12)31-14/h3-7,9-10,18,20-23,25-27H,8,11H2,1-2H3/t18-,20-,21+,22-,23+/m1/s1. The number of ether oxygens (including phenoxy) is 3. The Hall–Kier alpha value is -2.23. The first-order valence-electron chi connectivity index (χ1n) is 9.94. The lowest BCUT2D eigenvalue weighted by Crippen LogP contribution is -2.53. The smallest absolute Gasteiger partial charge is 0.157 e. The second-order valence-corrected chi connectivity index (χ2v) is 8.79. The maximum atomic E-state index is 14.4. The molecule has 1 aliphatic rings. The predicted octanol–water partition coefficient (Wildman–Crippen LogP) is 3.35. The van der Waals surface area contributed by atoms with Gasteiger partial charge in [0.2, 0.25) is 0 Å². The van der Waals surface area contributed by atoms with E-state index < -0.39 is 30.6 Å². The van der Waals surface area contributed by atoms with Crippen LogP contribution in [0.15, 0.2) is 42.5 Å². The Morgan fingerprint density at radius 3 is 2.58 bits per heavy atom. The Bertz CT molecular complexity index is 1020. The van der Waals surface area contributed by atoms with Gasteiger partial charge < -0.3 is 29.5 Å². The zero-order valence-electron chi connectivity index (χ0n) is 17.2. The van der Waals surface area contributed by atoms with Crippen LogP contribution in [0.3, 0.4) is 0 Å². The van der Waals surface area contributed by atoms with Crippen LogP contribution < -0.4 is 4.74 Å². The maximum absolute atomic E-state index is 14.4. The van der Waals surface area contributed by atoms with Gasteiger partial charge in [-0.25, -0.2) is 4.39 Å². The molecule has 3 N–H and O–H groups in total. The third-order valence-electron chi connectivity index (χ3n) is 5.57. The summed E-state index contributed by atoms with van der Waals surface area (Å²) in [5, 5.41) is 32.4. The summed E-state index contributed by atoms with van der Waals surface area (Å²) in [7, 11) is 2.91. The molecule has 1 saturated heterocycles. The fourth-order valence-corrected chi connectivity index (χ4v) is 5.07. The largest absolute Gasteiger partial charge is 0.507 e. The number of aliphatic hydroxyl groups is 2. The van der Waals surface area contributed by atoms with E-state index in [1.165, 1.54) is 25.0 Å². The molecule has 4 rings (SSSR count). The number of hydrogen-bond donors (Lipinski definition) is 3. The van der Waals surface area contributed by atoms with E-state index in [2.05, 4.69) is 12.1 Å². The van der Waals surface area contributed by atoms with Gasteiger partial charge in [-0.05, 0) is 29.1 Å². The van der Waals surface area contributed by atoms with E-state index >= 15 is 0 Å². The molecule has 1 aliphatic heterocycles. The summed E-state index contributed by atoms with van der Waals surface area (Å²) in [4.78, 5) is 1.10. The summed E-state index contributed by atoms with van der Waals surface area (Å²) in [5.41, 5.74) is 1.04. The molecule has 6 nitrogen and oxygen atoms in total. The summed E-state index contributed by atoms with van der Waals surface area (Å²) < 4.78 is 31.7.